The zero-order chi connectivity index (χ0) is 14.5. The Morgan fingerprint density at radius 2 is 1.42 bits per heavy atom. The first-order chi connectivity index (χ1) is 8.90. The van der Waals surface area contributed by atoms with E-state index in [2.05, 4.69) is 58.9 Å². The first kappa shape index (κ1) is 16.6. The molecule has 1 aromatic carbocycles. The largest absolute Gasteiger partial charge is 0.118 e. The quantitative estimate of drug-likeness (QED) is 0.523. The molecule has 0 N–H and O–H groups in total. The molecule has 1 unspecified atom stereocenters. The van der Waals surface area contributed by atoms with Crippen molar-refractivity contribution >= 4 is 11.6 Å². The molecule has 1 rings (SSSR count). The second kappa shape index (κ2) is 7.33. The van der Waals surface area contributed by atoms with Gasteiger partial charge in [-0.1, -0.05) is 71.7 Å². The maximum atomic E-state index is 6.70. The Kier molecular flexibility index (Phi) is 6.39. The SMILES string of the molecule is CCCC(CCC)C(Cl)c1ccc(C(C)(C)C)cc1. The van der Waals surface area contributed by atoms with Crippen LogP contribution in [0.3, 0.4) is 0 Å². The van der Waals surface area contributed by atoms with Crippen molar-refractivity contribution in [1.82, 2.24) is 0 Å². The van der Waals surface area contributed by atoms with Gasteiger partial charge in [-0.15, -0.1) is 11.6 Å². The molecule has 1 atom stereocenters. The van der Waals surface area contributed by atoms with E-state index in [1.165, 1.54) is 36.8 Å². The fraction of sp³-hybridized carbons (Fsp3) is 0.667. The zero-order valence-electron chi connectivity index (χ0n) is 13.2. The minimum atomic E-state index is 0.161. The predicted octanol–water partition coefficient (Wildman–Crippen LogP) is 6.48. The second-order valence-electron chi connectivity index (χ2n) is 6.61. The highest BCUT2D eigenvalue weighted by atomic mass is 35.5. The van der Waals surface area contributed by atoms with Crippen LogP contribution in [-0.2, 0) is 5.41 Å². The Hall–Kier alpha value is -0.490. The van der Waals surface area contributed by atoms with Crippen molar-refractivity contribution in [1.29, 1.82) is 0 Å². The van der Waals surface area contributed by atoms with Crippen molar-refractivity contribution in [3.05, 3.63) is 35.4 Å². The standard InChI is InChI=1S/C18H29Cl/c1-6-8-14(9-7-2)17(19)15-10-12-16(13-11-15)18(3,4)5/h10-14,17H,6-9H2,1-5H3. The van der Waals surface area contributed by atoms with Gasteiger partial charge in [0.25, 0.3) is 0 Å². The number of rotatable bonds is 6. The summed E-state index contributed by atoms with van der Waals surface area (Å²) in [5.74, 6) is 0.608. The average molecular weight is 281 g/mol. The highest BCUT2D eigenvalue weighted by Crippen LogP contribution is 2.36. The third-order valence-electron chi connectivity index (χ3n) is 3.83. The van der Waals surface area contributed by atoms with Crippen LogP contribution in [0.2, 0.25) is 0 Å². The minimum absolute atomic E-state index is 0.161. The van der Waals surface area contributed by atoms with E-state index in [-0.39, 0.29) is 10.8 Å². The van der Waals surface area contributed by atoms with Crippen LogP contribution < -0.4 is 0 Å². The second-order valence-corrected chi connectivity index (χ2v) is 7.08. The highest BCUT2D eigenvalue weighted by molar-refractivity contribution is 6.21. The molecule has 0 aromatic heterocycles. The Morgan fingerprint density at radius 1 is 0.947 bits per heavy atom. The van der Waals surface area contributed by atoms with Crippen molar-refractivity contribution in [2.75, 3.05) is 0 Å². The molecule has 19 heavy (non-hydrogen) atoms. The van der Waals surface area contributed by atoms with E-state index in [0.717, 1.165) is 0 Å². The lowest BCUT2D eigenvalue weighted by Crippen LogP contribution is -2.12. The highest BCUT2D eigenvalue weighted by Gasteiger charge is 2.20. The summed E-state index contributed by atoms with van der Waals surface area (Å²) in [5, 5.41) is 0.161. The first-order valence-electron chi connectivity index (χ1n) is 7.64. The summed E-state index contributed by atoms with van der Waals surface area (Å²) in [4.78, 5) is 0. The van der Waals surface area contributed by atoms with Crippen LogP contribution >= 0.6 is 11.6 Å². The maximum Gasteiger partial charge on any atom is 0.0613 e. The van der Waals surface area contributed by atoms with E-state index < -0.39 is 0 Å². The van der Waals surface area contributed by atoms with Crippen LogP contribution in [0, 0.1) is 5.92 Å². The molecular weight excluding hydrogens is 252 g/mol. The van der Waals surface area contributed by atoms with Gasteiger partial charge in [0.1, 0.15) is 0 Å². The Labute approximate surface area is 124 Å². The van der Waals surface area contributed by atoms with Crippen molar-refractivity contribution in [3.63, 3.8) is 0 Å². The third-order valence-corrected chi connectivity index (χ3v) is 4.44. The third kappa shape index (κ3) is 4.84. The van der Waals surface area contributed by atoms with E-state index >= 15 is 0 Å². The lowest BCUT2D eigenvalue weighted by molar-refractivity contribution is 0.426. The molecule has 0 bridgehead atoms. The van der Waals surface area contributed by atoms with Gasteiger partial charge in [-0.05, 0) is 35.3 Å². The Bertz CT molecular complexity index is 352. The summed E-state index contributed by atoms with van der Waals surface area (Å²) in [5.41, 5.74) is 2.87. The van der Waals surface area contributed by atoms with Crippen LogP contribution in [0.5, 0.6) is 0 Å². The number of hydrogen-bond donors (Lipinski definition) is 0. The molecule has 108 valence electrons. The van der Waals surface area contributed by atoms with Crippen LogP contribution in [0.15, 0.2) is 24.3 Å². The lowest BCUT2D eigenvalue weighted by atomic mass is 9.85. The topological polar surface area (TPSA) is 0 Å². The molecule has 0 aliphatic rings. The molecule has 0 saturated heterocycles. The zero-order valence-corrected chi connectivity index (χ0v) is 13.9. The molecule has 0 heterocycles. The molecule has 0 aliphatic heterocycles. The van der Waals surface area contributed by atoms with Crippen LogP contribution in [-0.4, -0.2) is 0 Å². The van der Waals surface area contributed by atoms with Gasteiger partial charge >= 0.3 is 0 Å². The molecule has 0 amide bonds. The van der Waals surface area contributed by atoms with Crippen LogP contribution in [0.25, 0.3) is 0 Å². The summed E-state index contributed by atoms with van der Waals surface area (Å²) < 4.78 is 0. The fourth-order valence-electron chi connectivity index (χ4n) is 2.62. The van der Waals surface area contributed by atoms with Gasteiger partial charge in [0.15, 0.2) is 0 Å². The maximum absolute atomic E-state index is 6.70. The van der Waals surface area contributed by atoms with Crippen molar-refractivity contribution in [3.8, 4) is 0 Å². The first-order valence-corrected chi connectivity index (χ1v) is 8.08. The van der Waals surface area contributed by atoms with Crippen molar-refractivity contribution in [2.24, 2.45) is 5.92 Å². The van der Waals surface area contributed by atoms with Crippen LogP contribution in [0.1, 0.15) is 76.8 Å². The Morgan fingerprint density at radius 3 is 1.79 bits per heavy atom. The number of benzene rings is 1. The molecule has 0 aliphatic carbocycles. The molecule has 0 fully saturated rings. The van der Waals surface area contributed by atoms with E-state index in [9.17, 15) is 0 Å². The van der Waals surface area contributed by atoms with E-state index in [1.807, 2.05) is 0 Å². The van der Waals surface area contributed by atoms with Crippen molar-refractivity contribution < 1.29 is 0 Å². The van der Waals surface area contributed by atoms with Crippen LogP contribution in [0.4, 0.5) is 0 Å². The van der Waals surface area contributed by atoms with Crippen molar-refractivity contribution in [2.45, 2.75) is 71.1 Å². The lowest BCUT2D eigenvalue weighted by Gasteiger charge is -2.23. The molecule has 1 aromatic rings. The molecule has 0 saturated carbocycles. The van der Waals surface area contributed by atoms with Gasteiger partial charge in [0.05, 0.1) is 5.38 Å². The number of halogens is 1. The monoisotopic (exact) mass is 280 g/mol. The smallest absolute Gasteiger partial charge is 0.0613 e. The van der Waals surface area contributed by atoms with Gasteiger partial charge < -0.3 is 0 Å². The minimum Gasteiger partial charge on any atom is -0.118 e. The molecule has 0 radical (unpaired) electrons. The molecular formula is C18H29Cl. The fourth-order valence-corrected chi connectivity index (χ4v) is 3.02. The predicted molar refractivity (Wildman–Crippen MR) is 87.0 cm³/mol. The van der Waals surface area contributed by atoms with E-state index in [0.29, 0.717) is 5.92 Å². The summed E-state index contributed by atoms with van der Waals surface area (Å²) in [6, 6.07) is 8.91. The normalized spacial score (nSPS) is 13.8. The average Bonchev–Trinajstić information content (AvgIpc) is 2.37. The van der Waals surface area contributed by atoms with Gasteiger partial charge in [-0.3, -0.25) is 0 Å². The summed E-state index contributed by atoms with van der Waals surface area (Å²) >= 11 is 6.70. The van der Waals surface area contributed by atoms with Gasteiger partial charge in [0.2, 0.25) is 0 Å². The van der Waals surface area contributed by atoms with Gasteiger partial charge in [-0.25, -0.2) is 0 Å². The molecule has 0 nitrogen and oxygen atoms in total. The summed E-state index contributed by atoms with van der Waals surface area (Å²) in [7, 11) is 0. The van der Waals surface area contributed by atoms with E-state index in [1.54, 1.807) is 0 Å². The number of hydrogen-bond acceptors (Lipinski definition) is 0. The number of alkyl halides is 1. The van der Waals surface area contributed by atoms with Gasteiger partial charge in [0, 0.05) is 0 Å². The summed E-state index contributed by atoms with van der Waals surface area (Å²) in [6.45, 7) is 11.2. The Balaban J connectivity index is 2.83. The van der Waals surface area contributed by atoms with E-state index in [4.69, 9.17) is 11.6 Å². The summed E-state index contributed by atoms with van der Waals surface area (Å²) in [6.07, 6.45) is 4.88. The molecule has 1 heteroatoms. The van der Waals surface area contributed by atoms with Gasteiger partial charge in [-0.2, -0.15) is 0 Å². The molecule has 0 spiro atoms.